The van der Waals surface area contributed by atoms with Gasteiger partial charge in [0.25, 0.3) is 0 Å². The lowest BCUT2D eigenvalue weighted by atomic mass is 10.1. The summed E-state index contributed by atoms with van der Waals surface area (Å²) in [5.74, 6) is -1.26. The van der Waals surface area contributed by atoms with Gasteiger partial charge in [-0.25, -0.2) is 5.43 Å². The Balaban J connectivity index is 1.65. The van der Waals surface area contributed by atoms with Gasteiger partial charge in [-0.2, -0.15) is 5.10 Å². The van der Waals surface area contributed by atoms with E-state index in [0.29, 0.717) is 32.1 Å². The largest absolute Gasteiger partial charge is 0.488 e. The van der Waals surface area contributed by atoms with E-state index in [1.807, 2.05) is 32.0 Å². The summed E-state index contributed by atoms with van der Waals surface area (Å²) >= 11 is 18.1. The quantitative estimate of drug-likeness (QED) is 0.248. The molecule has 0 fully saturated rings. The lowest BCUT2D eigenvalue weighted by Gasteiger charge is -2.11. The van der Waals surface area contributed by atoms with Crippen LogP contribution in [-0.2, 0) is 16.2 Å². The van der Waals surface area contributed by atoms with Crippen molar-refractivity contribution in [2.45, 2.75) is 20.5 Å². The molecule has 0 aliphatic carbocycles. The van der Waals surface area contributed by atoms with E-state index in [0.717, 1.165) is 16.7 Å². The van der Waals surface area contributed by atoms with Crippen LogP contribution in [0.3, 0.4) is 0 Å². The van der Waals surface area contributed by atoms with Crippen molar-refractivity contribution in [3.05, 3.63) is 91.9 Å². The minimum atomic E-state index is -0.908. The minimum absolute atomic E-state index is 0.226. The van der Waals surface area contributed by atoms with E-state index in [2.05, 4.69) is 15.8 Å². The summed E-state index contributed by atoms with van der Waals surface area (Å²) in [6, 6.07) is 15.7. The van der Waals surface area contributed by atoms with Crippen LogP contribution >= 0.6 is 34.8 Å². The van der Waals surface area contributed by atoms with Gasteiger partial charge in [0.05, 0.1) is 16.3 Å². The van der Waals surface area contributed by atoms with Crippen molar-refractivity contribution in [1.82, 2.24) is 5.43 Å². The van der Waals surface area contributed by atoms with Gasteiger partial charge >= 0.3 is 11.8 Å². The van der Waals surface area contributed by atoms with Crippen LogP contribution in [0.2, 0.25) is 15.1 Å². The van der Waals surface area contributed by atoms with E-state index in [4.69, 9.17) is 39.5 Å². The van der Waals surface area contributed by atoms with Crippen molar-refractivity contribution < 1.29 is 14.3 Å². The molecule has 0 spiro atoms. The van der Waals surface area contributed by atoms with Gasteiger partial charge in [-0.15, -0.1) is 0 Å². The Kier molecular flexibility index (Phi) is 8.33. The number of carbonyl (C=O) groups excluding carboxylic acids is 2. The number of aryl methyl sites for hydroxylation is 2. The SMILES string of the molecule is Cc1cccc(C)c1NC(=O)C(=O)N/N=C\c1cc(Cl)ccc1OCc1ccc(Cl)c(Cl)c1. The fourth-order valence-electron chi connectivity index (χ4n) is 2.94. The molecule has 0 saturated carbocycles. The zero-order chi connectivity index (χ0) is 24.0. The molecule has 3 aromatic carbocycles. The van der Waals surface area contributed by atoms with Gasteiger partial charge in [-0.05, 0) is 60.9 Å². The number of hydrazone groups is 1. The van der Waals surface area contributed by atoms with Gasteiger partial charge < -0.3 is 10.1 Å². The first-order valence-electron chi connectivity index (χ1n) is 9.81. The van der Waals surface area contributed by atoms with Crippen LogP contribution in [-0.4, -0.2) is 18.0 Å². The predicted octanol–water partition coefficient (Wildman–Crippen LogP) is 5.93. The molecule has 0 heterocycles. The lowest BCUT2D eigenvalue weighted by Crippen LogP contribution is -2.32. The third-order valence-corrected chi connectivity index (χ3v) is 5.62. The number of halogens is 3. The Hall–Kier alpha value is -3.06. The fourth-order valence-corrected chi connectivity index (χ4v) is 3.44. The van der Waals surface area contributed by atoms with E-state index in [9.17, 15) is 9.59 Å². The number of nitrogens with zero attached hydrogens (tertiary/aromatic N) is 1. The van der Waals surface area contributed by atoms with Gasteiger partial charge in [0.1, 0.15) is 12.4 Å². The highest BCUT2D eigenvalue weighted by atomic mass is 35.5. The van der Waals surface area contributed by atoms with Crippen molar-refractivity contribution in [1.29, 1.82) is 0 Å². The van der Waals surface area contributed by atoms with Crippen LogP contribution in [0.1, 0.15) is 22.3 Å². The van der Waals surface area contributed by atoms with Crippen molar-refractivity contribution in [2.24, 2.45) is 5.10 Å². The van der Waals surface area contributed by atoms with Crippen molar-refractivity contribution in [2.75, 3.05) is 5.32 Å². The Morgan fingerprint density at radius 2 is 1.67 bits per heavy atom. The van der Waals surface area contributed by atoms with Crippen molar-refractivity contribution >= 4 is 58.5 Å². The fraction of sp³-hybridized carbons (Fsp3) is 0.125. The number of amides is 2. The summed E-state index contributed by atoms with van der Waals surface area (Å²) in [5.41, 5.74) is 5.83. The number of benzene rings is 3. The molecule has 2 amide bonds. The second-order valence-electron chi connectivity index (χ2n) is 7.14. The van der Waals surface area contributed by atoms with Gasteiger partial charge in [0.15, 0.2) is 0 Å². The number of anilines is 1. The van der Waals surface area contributed by atoms with Gasteiger partial charge in [0.2, 0.25) is 0 Å². The monoisotopic (exact) mass is 503 g/mol. The number of rotatable bonds is 6. The van der Waals surface area contributed by atoms with E-state index in [-0.39, 0.29) is 6.61 Å². The second kappa shape index (κ2) is 11.2. The summed E-state index contributed by atoms with van der Waals surface area (Å²) in [6.45, 7) is 3.92. The number of hydrogen-bond donors (Lipinski definition) is 2. The normalized spacial score (nSPS) is 10.8. The number of carbonyl (C=O) groups is 2. The van der Waals surface area contributed by atoms with E-state index in [1.54, 1.807) is 36.4 Å². The molecule has 0 aromatic heterocycles. The first-order chi connectivity index (χ1) is 15.7. The summed E-state index contributed by atoms with van der Waals surface area (Å²) in [6.07, 6.45) is 1.35. The number of para-hydroxylation sites is 1. The molecular formula is C24H20Cl3N3O3. The highest BCUT2D eigenvalue weighted by Gasteiger charge is 2.15. The number of ether oxygens (including phenoxy) is 1. The van der Waals surface area contributed by atoms with E-state index >= 15 is 0 Å². The zero-order valence-electron chi connectivity index (χ0n) is 17.8. The maximum Gasteiger partial charge on any atom is 0.329 e. The van der Waals surface area contributed by atoms with Crippen LogP contribution in [0, 0.1) is 13.8 Å². The molecule has 3 aromatic rings. The molecule has 6 nitrogen and oxygen atoms in total. The van der Waals surface area contributed by atoms with Crippen molar-refractivity contribution in [3.63, 3.8) is 0 Å². The maximum absolute atomic E-state index is 12.2. The van der Waals surface area contributed by atoms with Gasteiger partial charge in [0, 0.05) is 16.3 Å². The molecule has 0 unspecified atom stereocenters. The lowest BCUT2D eigenvalue weighted by molar-refractivity contribution is -0.136. The highest BCUT2D eigenvalue weighted by Crippen LogP contribution is 2.25. The first-order valence-corrected chi connectivity index (χ1v) is 10.9. The molecule has 9 heteroatoms. The molecule has 2 N–H and O–H groups in total. The summed E-state index contributed by atoms with van der Waals surface area (Å²) in [7, 11) is 0. The standard InChI is InChI=1S/C24H20Cl3N3O3/c1-14-4-3-5-15(2)22(14)29-23(31)24(32)30-28-12-17-11-18(25)7-9-21(17)33-13-16-6-8-19(26)20(27)10-16/h3-12H,13H2,1-2H3,(H,29,31)(H,30,32)/b28-12-. The molecule has 0 atom stereocenters. The first kappa shape index (κ1) is 24.6. The molecule has 170 valence electrons. The number of hydrogen-bond acceptors (Lipinski definition) is 4. The van der Waals surface area contributed by atoms with Crippen LogP contribution in [0.25, 0.3) is 0 Å². The molecule has 3 rings (SSSR count). The molecule has 0 aliphatic heterocycles. The highest BCUT2D eigenvalue weighted by molar-refractivity contribution is 6.42. The predicted molar refractivity (Wildman–Crippen MR) is 133 cm³/mol. The van der Waals surface area contributed by atoms with Crippen LogP contribution in [0.5, 0.6) is 5.75 Å². The molecule has 0 radical (unpaired) electrons. The third-order valence-electron chi connectivity index (χ3n) is 4.65. The van der Waals surface area contributed by atoms with Crippen LogP contribution in [0.15, 0.2) is 59.7 Å². The molecule has 0 bridgehead atoms. The molecule has 0 saturated heterocycles. The molecule has 0 aliphatic rings. The minimum Gasteiger partial charge on any atom is -0.488 e. The third kappa shape index (κ3) is 6.71. The van der Waals surface area contributed by atoms with Crippen molar-refractivity contribution in [3.8, 4) is 5.75 Å². The van der Waals surface area contributed by atoms with Gasteiger partial charge in [-0.1, -0.05) is 59.1 Å². The van der Waals surface area contributed by atoms with Crippen LogP contribution < -0.4 is 15.5 Å². The smallest absolute Gasteiger partial charge is 0.329 e. The Labute approximate surface area is 206 Å². The Morgan fingerprint density at radius 1 is 0.939 bits per heavy atom. The van der Waals surface area contributed by atoms with E-state index in [1.165, 1.54) is 6.21 Å². The Bertz CT molecular complexity index is 1210. The maximum atomic E-state index is 12.2. The van der Waals surface area contributed by atoms with E-state index < -0.39 is 11.8 Å². The summed E-state index contributed by atoms with van der Waals surface area (Å²) < 4.78 is 5.84. The molecular weight excluding hydrogens is 485 g/mol. The average molecular weight is 505 g/mol. The van der Waals surface area contributed by atoms with Crippen LogP contribution in [0.4, 0.5) is 5.69 Å². The average Bonchev–Trinajstić information content (AvgIpc) is 2.78. The number of nitrogens with one attached hydrogen (secondary N) is 2. The summed E-state index contributed by atoms with van der Waals surface area (Å²) in [4.78, 5) is 24.4. The zero-order valence-corrected chi connectivity index (χ0v) is 20.1. The summed E-state index contributed by atoms with van der Waals surface area (Å²) in [5, 5.41) is 7.81. The molecule has 33 heavy (non-hydrogen) atoms. The second-order valence-corrected chi connectivity index (χ2v) is 8.39. The Morgan fingerprint density at radius 3 is 2.36 bits per heavy atom. The topological polar surface area (TPSA) is 79.8 Å². The van der Waals surface area contributed by atoms with Gasteiger partial charge in [-0.3, -0.25) is 9.59 Å².